The van der Waals surface area contributed by atoms with E-state index in [2.05, 4.69) is 11.4 Å². The number of carbonyl (C=O) groups excluding carboxylic acids is 1. The zero-order chi connectivity index (χ0) is 15.6. The van der Waals surface area contributed by atoms with Gasteiger partial charge >= 0.3 is 0 Å². The molecule has 0 fully saturated rings. The molecule has 0 aliphatic rings. The molecule has 0 heterocycles. The first kappa shape index (κ1) is 14.9. The minimum atomic E-state index is -0.156. The molecule has 21 heavy (non-hydrogen) atoms. The summed E-state index contributed by atoms with van der Waals surface area (Å²) >= 11 is 0. The summed E-state index contributed by atoms with van der Waals surface area (Å²) in [5.74, 6) is -0.156. The van der Waals surface area contributed by atoms with Crippen molar-refractivity contribution in [1.82, 2.24) is 0 Å². The van der Waals surface area contributed by atoms with Crippen LogP contribution in [-0.4, -0.2) is 20.0 Å². The van der Waals surface area contributed by atoms with Crippen LogP contribution in [0.5, 0.6) is 0 Å². The number of carbonyl (C=O) groups is 1. The molecule has 2 aromatic rings. The molecule has 3 N–H and O–H groups in total. The Morgan fingerprint density at radius 3 is 2.24 bits per heavy atom. The molecule has 2 aromatic carbocycles. The van der Waals surface area contributed by atoms with Crippen molar-refractivity contribution in [3.63, 3.8) is 0 Å². The van der Waals surface area contributed by atoms with Gasteiger partial charge in [0.2, 0.25) is 0 Å². The average molecular weight is 283 g/mol. The third kappa shape index (κ3) is 3.54. The lowest BCUT2D eigenvalue weighted by molar-refractivity contribution is 0.102. The molecule has 1 amide bonds. The van der Waals surface area contributed by atoms with Crippen molar-refractivity contribution in [2.75, 3.05) is 30.0 Å². The first-order valence-electron chi connectivity index (χ1n) is 6.83. The van der Waals surface area contributed by atoms with E-state index in [1.807, 2.05) is 51.0 Å². The van der Waals surface area contributed by atoms with Crippen LogP contribution in [0.3, 0.4) is 0 Å². The molecule has 2 rings (SSSR count). The monoisotopic (exact) mass is 283 g/mol. The molecule has 0 bridgehead atoms. The van der Waals surface area contributed by atoms with Crippen LogP contribution in [0.2, 0.25) is 0 Å². The topological polar surface area (TPSA) is 58.4 Å². The fourth-order valence-electron chi connectivity index (χ4n) is 2.37. The molecular weight excluding hydrogens is 262 g/mol. The molecule has 0 aromatic heterocycles. The number of amides is 1. The maximum atomic E-state index is 12.5. The summed E-state index contributed by atoms with van der Waals surface area (Å²) in [5, 5.41) is 2.94. The van der Waals surface area contributed by atoms with Gasteiger partial charge in [0, 0.05) is 31.2 Å². The van der Waals surface area contributed by atoms with Crippen molar-refractivity contribution in [3.8, 4) is 0 Å². The zero-order valence-corrected chi connectivity index (χ0v) is 12.9. The number of hydrogen-bond donors (Lipinski definition) is 2. The van der Waals surface area contributed by atoms with Crippen molar-refractivity contribution < 1.29 is 4.79 Å². The molecule has 0 radical (unpaired) electrons. The van der Waals surface area contributed by atoms with Gasteiger partial charge in [-0.1, -0.05) is 6.07 Å². The second kappa shape index (κ2) is 5.87. The quantitative estimate of drug-likeness (QED) is 0.850. The fraction of sp³-hybridized carbons (Fsp3) is 0.235. The van der Waals surface area contributed by atoms with E-state index in [0.29, 0.717) is 11.3 Å². The van der Waals surface area contributed by atoms with E-state index in [1.165, 1.54) is 0 Å². The zero-order valence-electron chi connectivity index (χ0n) is 12.9. The number of nitrogen functional groups attached to an aromatic ring is 1. The van der Waals surface area contributed by atoms with Gasteiger partial charge in [-0.15, -0.1) is 0 Å². The Hall–Kier alpha value is -2.49. The molecule has 0 unspecified atom stereocenters. The lowest BCUT2D eigenvalue weighted by Crippen LogP contribution is -2.19. The molecule has 0 aliphatic carbocycles. The van der Waals surface area contributed by atoms with Crippen LogP contribution in [0, 0.1) is 13.8 Å². The van der Waals surface area contributed by atoms with Gasteiger partial charge in [-0.3, -0.25) is 4.79 Å². The number of hydrogen-bond acceptors (Lipinski definition) is 3. The smallest absolute Gasteiger partial charge is 0.257 e. The Balaban J connectivity index is 2.34. The molecule has 0 saturated heterocycles. The fourth-order valence-corrected chi connectivity index (χ4v) is 2.37. The first-order chi connectivity index (χ1) is 9.86. The van der Waals surface area contributed by atoms with Crippen molar-refractivity contribution in [2.24, 2.45) is 0 Å². The van der Waals surface area contributed by atoms with Gasteiger partial charge in [0.25, 0.3) is 5.91 Å². The number of benzene rings is 2. The Morgan fingerprint density at radius 1 is 1.05 bits per heavy atom. The second-order valence-electron chi connectivity index (χ2n) is 5.50. The van der Waals surface area contributed by atoms with Crippen LogP contribution in [0.25, 0.3) is 0 Å². The molecule has 0 aliphatic heterocycles. The third-order valence-corrected chi connectivity index (χ3v) is 3.23. The minimum absolute atomic E-state index is 0.156. The highest BCUT2D eigenvalue weighted by molar-refractivity contribution is 6.08. The van der Waals surface area contributed by atoms with E-state index in [-0.39, 0.29) is 5.91 Å². The molecular formula is C17H21N3O. The molecule has 0 saturated carbocycles. The summed E-state index contributed by atoms with van der Waals surface area (Å²) in [5.41, 5.74) is 10.8. The van der Waals surface area contributed by atoms with Gasteiger partial charge in [0.15, 0.2) is 0 Å². The van der Waals surface area contributed by atoms with Gasteiger partial charge in [-0.05, 0) is 55.3 Å². The second-order valence-corrected chi connectivity index (χ2v) is 5.50. The van der Waals surface area contributed by atoms with E-state index in [0.717, 1.165) is 22.5 Å². The van der Waals surface area contributed by atoms with Crippen molar-refractivity contribution >= 4 is 23.0 Å². The van der Waals surface area contributed by atoms with E-state index in [4.69, 9.17) is 5.73 Å². The van der Waals surface area contributed by atoms with Crippen molar-refractivity contribution in [3.05, 3.63) is 53.1 Å². The van der Waals surface area contributed by atoms with Crippen LogP contribution < -0.4 is 16.0 Å². The van der Waals surface area contributed by atoms with E-state index >= 15 is 0 Å². The Bertz CT molecular complexity index is 657. The number of rotatable bonds is 3. The number of nitrogens with one attached hydrogen (secondary N) is 1. The van der Waals surface area contributed by atoms with Gasteiger partial charge < -0.3 is 16.0 Å². The first-order valence-corrected chi connectivity index (χ1v) is 6.83. The summed E-state index contributed by atoms with van der Waals surface area (Å²) in [6, 6.07) is 11.3. The van der Waals surface area contributed by atoms with Crippen LogP contribution in [0.1, 0.15) is 21.5 Å². The highest BCUT2D eigenvalue weighted by Crippen LogP contribution is 2.23. The molecule has 0 spiro atoms. The number of nitrogens with zero attached hydrogens (tertiary/aromatic N) is 1. The van der Waals surface area contributed by atoms with Gasteiger partial charge in [0.05, 0.1) is 5.56 Å². The largest absolute Gasteiger partial charge is 0.399 e. The molecule has 4 nitrogen and oxygen atoms in total. The lowest BCUT2D eigenvalue weighted by Gasteiger charge is -2.18. The van der Waals surface area contributed by atoms with E-state index < -0.39 is 0 Å². The maximum Gasteiger partial charge on any atom is 0.257 e. The van der Waals surface area contributed by atoms with Gasteiger partial charge in [-0.25, -0.2) is 0 Å². The highest BCUT2D eigenvalue weighted by atomic mass is 16.1. The summed E-state index contributed by atoms with van der Waals surface area (Å²) in [7, 11) is 3.80. The van der Waals surface area contributed by atoms with Crippen LogP contribution in [0.15, 0.2) is 36.4 Å². The summed E-state index contributed by atoms with van der Waals surface area (Å²) in [4.78, 5) is 14.4. The maximum absolute atomic E-state index is 12.5. The standard InChI is InChI=1S/C17H21N3O/c1-11-7-12(2)9-14(8-11)19-17(21)15-10-13(18)5-6-16(15)20(3)4/h5-10H,18H2,1-4H3,(H,19,21). The molecule has 110 valence electrons. The lowest BCUT2D eigenvalue weighted by atomic mass is 10.1. The van der Waals surface area contributed by atoms with Gasteiger partial charge in [-0.2, -0.15) is 0 Å². The number of nitrogens with two attached hydrogens (primary N) is 1. The van der Waals surface area contributed by atoms with Crippen molar-refractivity contribution in [1.29, 1.82) is 0 Å². The van der Waals surface area contributed by atoms with Crippen LogP contribution in [-0.2, 0) is 0 Å². The summed E-state index contributed by atoms with van der Waals surface area (Å²) in [6.07, 6.45) is 0. The Kier molecular flexibility index (Phi) is 4.17. The molecule has 4 heteroatoms. The number of anilines is 3. The highest BCUT2D eigenvalue weighted by Gasteiger charge is 2.14. The Labute approximate surface area is 125 Å². The van der Waals surface area contributed by atoms with E-state index in [9.17, 15) is 4.79 Å². The van der Waals surface area contributed by atoms with Crippen LogP contribution >= 0.6 is 0 Å². The number of aryl methyl sites for hydroxylation is 2. The predicted octanol–water partition coefficient (Wildman–Crippen LogP) is 3.20. The summed E-state index contributed by atoms with van der Waals surface area (Å²) < 4.78 is 0. The third-order valence-electron chi connectivity index (χ3n) is 3.23. The van der Waals surface area contributed by atoms with E-state index in [1.54, 1.807) is 12.1 Å². The molecule has 0 atom stereocenters. The summed E-state index contributed by atoms with van der Waals surface area (Å²) in [6.45, 7) is 4.02. The minimum Gasteiger partial charge on any atom is -0.399 e. The Morgan fingerprint density at radius 2 is 1.67 bits per heavy atom. The van der Waals surface area contributed by atoms with Crippen LogP contribution in [0.4, 0.5) is 17.1 Å². The normalized spacial score (nSPS) is 10.3. The van der Waals surface area contributed by atoms with Gasteiger partial charge in [0.1, 0.15) is 0 Å². The van der Waals surface area contributed by atoms with Crippen molar-refractivity contribution in [2.45, 2.75) is 13.8 Å². The predicted molar refractivity (Wildman–Crippen MR) is 89.1 cm³/mol. The average Bonchev–Trinajstić information content (AvgIpc) is 2.36. The SMILES string of the molecule is Cc1cc(C)cc(NC(=O)c2cc(N)ccc2N(C)C)c1.